The van der Waals surface area contributed by atoms with Gasteiger partial charge in [-0.05, 0) is 82.1 Å². The van der Waals surface area contributed by atoms with Gasteiger partial charge in [-0.1, -0.05) is 19.8 Å². The summed E-state index contributed by atoms with van der Waals surface area (Å²) in [4.78, 5) is 23.4. The molecule has 0 spiro atoms. The SMILES string of the molecule is CCCCC[C@@H](C[C@@H](CCC1CC(CC2CCNC(N)C2)C(O)C(OC)C1)OC(C)=O)OC(C)=O. The Kier molecular flexibility index (Phi) is 13.5. The van der Waals surface area contributed by atoms with Gasteiger partial charge in [-0.25, -0.2) is 0 Å². The van der Waals surface area contributed by atoms with Crippen molar-refractivity contribution in [1.29, 1.82) is 0 Å². The third-order valence-corrected chi connectivity index (χ3v) is 7.77. The van der Waals surface area contributed by atoms with E-state index in [1.807, 2.05) is 0 Å². The predicted molar refractivity (Wildman–Crippen MR) is 135 cm³/mol. The number of esters is 2. The second-order valence-electron chi connectivity index (χ2n) is 10.8. The van der Waals surface area contributed by atoms with Gasteiger partial charge in [-0.15, -0.1) is 0 Å². The Balaban J connectivity index is 1.97. The van der Waals surface area contributed by atoms with Gasteiger partial charge in [0, 0.05) is 27.4 Å². The summed E-state index contributed by atoms with van der Waals surface area (Å²) in [6.07, 6.45) is 9.70. The van der Waals surface area contributed by atoms with Crippen LogP contribution in [0.3, 0.4) is 0 Å². The first kappa shape index (κ1) is 30.0. The number of nitrogens with two attached hydrogens (primary N) is 1. The van der Waals surface area contributed by atoms with E-state index in [-0.39, 0.29) is 42.3 Å². The van der Waals surface area contributed by atoms with E-state index < -0.39 is 6.10 Å². The van der Waals surface area contributed by atoms with Gasteiger partial charge < -0.3 is 30.4 Å². The highest BCUT2D eigenvalue weighted by Crippen LogP contribution is 2.39. The molecule has 1 saturated heterocycles. The molecule has 0 bridgehead atoms. The molecule has 0 radical (unpaired) electrons. The van der Waals surface area contributed by atoms with Crippen LogP contribution in [0.1, 0.15) is 97.8 Å². The van der Waals surface area contributed by atoms with Crippen molar-refractivity contribution in [2.24, 2.45) is 23.5 Å². The molecule has 8 atom stereocenters. The average Bonchev–Trinajstić information content (AvgIpc) is 2.78. The number of rotatable bonds is 14. The van der Waals surface area contributed by atoms with Crippen LogP contribution in [0.25, 0.3) is 0 Å². The zero-order valence-corrected chi connectivity index (χ0v) is 22.4. The van der Waals surface area contributed by atoms with Crippen LogP contribution in [0.4, 0.5) is 0 Å². The number of aliphatic hydroxyl groups is 1. The van der Waals surface area contributed by atoms with Crippen LogP contribution < -0.4 is 11.1 Å². The minimum Gasteiger partial charge on any atom is -0.462 e. The first-order valence-electron chi connectivity index (χ1n) is 13.8. The van der Waals surface area contributed by atoms with Crippen molar-refractivity contribution in [1.82, 2.24) is 5.32 Å². The fourth-order valence-electron chi connectivity index (χ4n) is 6.07. The summed E-state index contributed by atoms with van der Waals surface area (Å²) in [6, 6.07) is 0. The van der Waals surface area contributed by atoms with E-state index in [4.69, 9.17) is 19.9 Å². The maximum Gasteiger partial charge on any atom is 0.302 e. The number of carbonyl (C=O) groups excluding carboxylic acids is 2. The van der Waals surface area contributed by atoms with Gasteiger partial charge >= 0.3 is 11.9 Å². The summed E-state index contributed by atoms with van der Waals surface area (Å²) in [7, 11) is 1.68. The quantitative estimate of drug-likeness (QED) is 0.245. The minimum atomic E-state index is -0.460. The number of carbonyl (C=O) groups is 2. The van der Waals surface area contributed by atoms with Crippen LogP contribution in [0.5, 0.6) is 0 Å². The van der Waals surface area contributed by atoms with E-state index in [1.165, 1.54) is 13.8 Å². The topological polar surface area (TPSA) is 120 Å². The number of ether oxygens (including phenoxy) is 3. The molecule has 0 aromatic rings. The second kappa shape index (κ2) is 15.8. The number of nitrogens with one attached hydrogen (secondary N) is 1. The predicted octanol–water partition coefficient (Wildman–Crippen LogP) is 3.68. The first-order chi connectivity index (χ1) is 16.7. The molecule has 6 unspecified atom stereocenters. The molecule has 204 valence electrons. The third kappa shape index (κ3) is 11.1. The number of hydrogen-bond acceptors (Lipinski definition) is 8. The van der Waals surface area contributed by atoms with E-state index >= 15 is 0 Å². The summed E-state index contributed by atoms with van der Waals surface area (Å²) in [6.45, 7) is 5.94. The maximum absolute atomic E-state index is 11.8. The van der Waals surface area contributed by atoms with E-state index in [2.05, 4.69) is 12.2 Å². The smallest absolute Gasteiger partial charge is 0.302 e. The second-order valence-corrected chi connectivity index (χ2v) is 10.8. The van der Waals surface area contributed by atoms with Crippen molar-refractivity contribution in [3.63, 3.8) is 0 Å². The number of hydrogen-bond donors (Lipinski definition) is 3. The fraction of sp³-hybridized carbons (Fsp3) is 0.926. The molecule has 0 aromatic heterocycles. The Morgan fingerprint density at radius 2 is 1.71 bits per heavy atom. The molecule has 8 heteroatoms. The highest BCUT2D eigenvalue weighted by molar-refractivity contribution is 5.66. The molecule has 0 aromatic carbocycles. The summed E-state index contributed by atoms with van der Waals surface area (Å²) >= 11 is 0. The van der Waals surface area contributed by atoms with E-state index in [0.29, 0.717) is 24.7 Å². The molecule has 2 rings (SSSR count). The van der Waals surface area contributed by atoms with Crippen LogP contribution >= 0.6 is 0 Å². The molecular weight excluding hydrogens is 448 g/mol. The number of piperidine rings is 1. The first-order valence-corrected chi connectivity index (χ1v) is 13.8. The van der Waals surface area contributed by atoms with Crippen LogP contribution in [0.2, 0.25) is 0 Å². The van der Waals surface area contributed by atoms with Crippen molar-refractivity contribution in [3.05, 3.63) is 0 Å². The van der Waals surface area contributed by atoms with Crippen molar-refractivity contribution in [2.75, 3.05) is 13.7 Å². The highest BCUT2D eigenvalue weighted by Gasteiger charge is 2.38. The Morgan fingerprint density at radius 3 is 2.31 bits per heavy atom. The molecule has 4 N–H and O–H groups in total. The van der Waals surface area contributed by atoms with Crippen LogP contribution in [-0.2, 0) is 23.8 Å². The van der Waals surface area contributed by atoms with Crippen LogP contribution in [-0.4, -0.2) is 61.3 Å². The lowest BCUT2D eigenvalue weighted by atomic mass is 9.71. The van der Waals surface area contributed by atoms with Gasteiger partial charge in [-0.3, -0.25) is 9.59 Å². The van der Waals surface area contributed by atoms with Gasteiger partial charge in [-0.2, -0.15) is 0 Å². The van der Waals surface area contributed by atoms with Crippen molar-refractivity contribution >= 4 is 11.9 Å². The molecule has 1 heterocycles. The summed E-state index contributed by atoms with van der Waals surface area (Å²) in [5, 5.41) is 14.3. The standard InChI is InChI=1S/C27H50N2O6/c1-5-6-7-8-23(34-18(2)30)17-24(35-19(3)31)10-9-20-13-22(27(32)25(15-20)33-4)14-21-11-12-29-26(28)16-21/h20-27,29,32H,5-17,28H2,1-4H3/t20?,21?,22?,23-,24+,25?,26?,27?/m0/s1. The summed E-state index contributed by atoms with van der Waals surface area (Å²) in [5.41, 5.74) is 6.10. The Bertz CT molecular complexity index is 633. The minimum absolute atomic E-state index is 0.0375. The van der Waals surface area contributed by atoms with E-state index in [9.17, 15) is 14.7 Å². The van der Waals surface area contributed by atoms with Crippen molar-refractivity contribution in [3.8, 4) is 0 Å². The van der Waals surface area contributed by atoms with E-state index in [1.54, 1.807) is 7.11 Å². The zero-order valence-electron chi connectivity index (χ0n) is 22.4. The Hall–Kier alpha value is -1.22. The summed E-state index contributed by atoms with van der Waals surface area (Å²) < 4.78 is 16.9. The number of aliphatic hydroxyl groups excluding tert-OH is 1. The molecule has 1 aliphatic heterocycles. The molecule has 2 fully saturated rings. The zero-order chi connectivity index (χ0) is 25.8. The van der Waals surface area contributed by atoms with Gasteiger partial charge in [0.05, 0.1) is 18.4 Å². The van der Waals surface area contributed by atoms with Crippen molar-refractivity contribution in [2.45, 2.75) is 128 Å². The lowest BCUT2D eigenvalue weighted by Gasteiger charge is -2.41. The summed E-state index contributed by atoms with van der Waals surface area (Å²) in [5.74, 6) is 0.485. The molecular formula is C27H50N2O6. The average molecular weight is 499 g/mol. The molecule has 1 saturated carbocycles. The largest absolute Gasteiger partial charge is 0.462 e. The van der Waals surface area contributed by atoms with Crippen LogP contribution in [0, 0.1) is 17.8 Å². The number of methoxy groups -OCH3 is 1. The van der Waals surface area contributed by atoms with Gasteiger partial charge in [0.1, 0.15) is 12.2 Å². The molecule has 0 amide bonds. The fourth-order valence-corrected chi connectivity index (χ4v) is 6.07. The molecule has 1 aliphatic carbocycles. The molecule has 8 nitrogen and oxygen atoms in total. The van der Waals surface area contributed by atoms with Gasteiger partial charge in [0.15, 0.2) is 0 Å². The Labute approximate surface area is 212 Å². The lowest BCUT2D eigenvalue weighted by Crippen LogP contribution is -2.47. The molecule has 35 heavy (non-hydrogen) atoms. The van der Waals surface area contributed by atoms with Crippen LogP contribution in [0.15, 0.2) is 0 Å². The number of unbranched alkanes of at least 4 members (excludes halogenated alkanes) is 2. The van der Waals surface area contributed by atoms with Gasteiger partial charge in [0.2, 0.25) is 0 Å². The maximum atomic E-state index is 11.8. The molecule has 2 aliphatic rings. The Morgan fingerprint density at radius 1 is 1.03 bits per heavy atom. The van der Waals surface area contributed by atoms with E-state index in [0.717, 1.165) is 70.8 Å². The lowest BCUT2D eigenvalue weighted by molar-refractivity contribution is -0.153. The van der Waals surface area contributed by atoms with Crippen molar-refractivity contribution < 1.29 is 28.9 Å². The monoisotopic (exact) mass is 498 g/mol. The van der Waals surface area contributed by atoms with Gasteiger partial charge in [0.25, 0.3) is 0 Å². The highest BCUT2D eigenvalue weighted by atomic mass is 16.6. The third-order valence-electron chi connectivity index (χ3n) is 7.77. The normalized spacial score (nSPS) is 30.9.